The van der Waals surface area contributed by atoms with Crippen molar-refractivity contribution in [2.75, 3.05) is 11.1 Å². The molecule has 0 saturated heterocycles. The summed E-state index contributed by atoms with van der Waals surface area (Å²) in [6.07, 6.45) is 0. The molecule has 0 heterocycles. The first-order chi connectivity index (χ1) is 8.08. The topological polar surface area (TPSA) is 38.0 Å². The molecule has 0 aliphatic heterocycles. The van der Waals surface area contributed by atoms with E-state index in [1.54, 1.807) is 0 Å². The van der Waals surface area contributed by atoms with Gasteiger partial charge in [0, 0.05) is 13.7 Å². The Balaban J connectivity index is 2.35. The maximum Gasteiger partial charge on any atom is 0.0618 e. The molecular formula is C13H12BrIN2. The summed E-state index contributed by atoms with van der Waals surface area (Å²) in [7, 11) is 0. The molecule has 0 radical (unpaired) electrons. The van der Waals surface area contributed by atoms with Crippen LogP contribution in [0.5, 0.6) is 0 Å². The van der Waals surface area contributed by atoms with E-state index in [4.69, 9.17) is 5.73 Å². The van der Waals surface area contributed by atoms with Crippen LogP contribution in [0.1, 0.15) is 5.56 Å². The van der Waals surface area contributed by atoms with E-state index in [9.17, 15) is 0 Å². The van der Waals surface area contributed by atoms with Gasteiger partial charge in [0.1, 0.15) is 0 Å². The van der Waals surface area contributed by atoms with Gasteiger partial charge in [-0.1, -0.05) is 22.0 Å². The second-order valence-corrected chi connectivity index (χ2v) is 5.87. The molecule has 2 aromatic carbocycles. The number of halogens is 2. The zero-order valence-corrected chi connectivity index (χ0v) is 13.0. The van der Waals surface area contributed by atoms with Crippen molar-refractivity contribution in [3.8, 4) is 0 Å². The van der Waals surface area contributed by atoms with Crippen LogP contribution in [-0.2, 0) is 0 Å². The summed E-state index contributed by atoms with van der Waals surface area (Å²) in [5, 5.41) is 3.35. The molecule has 17 heavy (non-hydrogen) atoms. The van der Waals surface area contributed by atoms with E-state index >= 15 is 0 Å². The van der Waals surface area contributed by atoms with Crippen molar-refractivity contribution < 1.29 is 0 Å². The third kappa shape index (κ3) is 2.93. The van der Waals surface area contributed by atoms with Crippen molar-refractivity contribution in [1.29, 1.82) is 0 Å². The molecule has 88 valence electrons. The van der Waals surface area contributed by atoms with E-state index in [0.29, 0.717) is 0 Å². The molecule has 2 nitrogen and oxygen atoms in total. The van der Waals surface area contributed by atoms with Gasteiger partial charge in [-0.3, -0.25) is 0 Å². The summed E-state index contributed by atoms with van der Waals surface area (Å²) in [4.78, 5) is 0. The second-order valence-electron chi connectivity index (χ2n) is 3.77. The van der Waals surface area contributed by atoms with Gasteiger partial charge in [0.2, 0.25) is 0 Å². The summed E-state index contributed by atoms with van der Waals surface area (Å²) in [6.45, 7) is 2.06. The normalized spacial score (nSPS) is 10.3. The molecule has 2 rings (SSSR count). The molecule has 3 N–H and O–H groups in total. The lowest BCUT2D eigenvalue weighted by atomic mass is 10.2. The summed E-state index contributed by atoms with van der Waals surface area (Å²) in [6, 6.07) is 12.1. The molecule has 0 aliphatic rings. The van der Waals surface area contributed by atoms with Gasteiger partial charge in [-0.15, -0.1) is 0 Å². The fraction of sp³-hybridized carbons (Fsp3) is 0.0769. The van der Waals surface area contributed by atoms with Crippen molar-refractivity contribution in [1.82, 2.24) is 0 Å². The Morgan fingerprint density at radius 1 is 1.18 bits per heavy atom. The minimum absolute atomic E-state index is 0.760. The van der Waals surface area contributed by atoms with Gasteiger partial charge in [-0.25, -0.2) is 0 Å². The Hall–Kier alpha value is -0.750. The van der Waals surface area contributed by atoms with Crippen molar-refractivity contribution in [2.24, 2.45) is 0 Å². The smallest absolute Gasteiger partial charge is 0.0618 e. The highest BCUT2D eigenvalue weighted by Crippen LogP contribution is 2.29. The summed E-state index contributed by atoms with van der Waals surface area (Å²) >= 11 is 5.77. The number of anilines is 3. The van der Waals surface area contributed by atoms with Gasteiger partial charge >= 0.3 is 0 Å². The lowest BCUT2D eigenvalue weighted by molar-refractivity contribution is 1.40. The molecule has 0 fully saturated rings. The summed E-state index contributed by atoms with van der Waals surface area (Å²) in [5.41, 5.74) is 9.91. The van der Waals surface area contributed by atoms with Gasteiger partial charge in [-0.05, 0) is 65.4 Å². The number of hydrogen-bond donors (Lipinski definition) is 2. The van der Waals surface area contributed by atoms with E-state index in [1.807, 2.05) is 36.4 Å². The molecule has 0 aromatic heterocycles. The largest absolute Gasteiger partial charge is 0.397 e. The molecule has 0 atom stereocenters. The van der Waals surface area contributed by atoms with Gasteiger partial charge in [0.15, 0.2) is 0 Å². The molecule has 0 amide bonds. The Kier molecular flexibility index (Phi) is 3.93. The number of hydrogen-bond acceptors (Lipinski definition) is 2. The van der Waals surface area contributed by atoms with E-state index < -0.39 is 0 Å². The minimum atomic E-state index is 0.760. The van der Waals surface area contributed by atoms with Gasteiger partial charge < -0.3 is 11.1 Å². The average Bonchev–Trinajstić information content (AvgIpc) is 2.28. The predicted octanol–water partition coefficient (Wildman–Crippen LogP) is 4.69. The summed E-state index contributed by atoms with van der Waals surface area (Å²) < 4.78 is 2.23. The molecule has 0 bridgehead atoms. The van der Waals surface area contributed by atoms with Crippen LogP contribution in [0.25, 0.3) is 0 Å². The Morgan fingerprint density at radius 3 is 2.65 bits per heavy atom. The molecular weight excluding hydrogens is 391 g/mol. The number of nitrogen functional groups attached to an aromatic ring is 1. The molecule has 0 aliphatic carbocycles. The Bertz CT molecular complexity index is 555. The zero-order valence-electron chi connectivity index (χ0n) is 9.30. The van der Waals surface area contributed by atoms with Crippen molar-refractivity contribution in [2.45, 2.75) is 6.92 Å². The van der Waals surface area contributed by atoms with Crippen LogP contribution >= 0.6 is 38.5 Å². The second kappa shape index (κ2) is 5.27. The van der Waals surface area contributed by atoms with Crippen LogP contribution in [0, 0.1) is 10.5 Å². The van der Waals surface area contributed by atoms with E-state index in [1.165, 1.54) is 5.56 Å². The molecule has 0 spiro atoms. The summed E-state index contributed by atoms with van der Waals surface area (Å²) in [5.74, 6) is 0. The lowest BCUT2D eigenvalue weighted by Gasteiger charge is -2.12. The minimum Gasteiger partial charge on any atom is -0.397 e. The van der Waals surface area contributed by atoms with Crippen LogP contribution in [0.4, 0.5) is 17.1 Å². The number of rotatable bonds is 2. The highest BCUT2D eigenvalue weighted by atomic mass is 127. The van der Waals surface area contributed by atoms with Crippen LogP contribution in [-0.4, -0.2) is 0 Å². The Labute approximate surface area is 123 Å². The van der Waals surface area contributed by atoms with E-state index in [0.717, 1.165) is 25.1 Å². The SMILES string of the molecule is Cc1c(Br)cccc1Nc1ccc(I)cc1N. The highest BCUT2D eigenvalue weighted by molar-refractivity contribution is 14.1. The quantitative estimate of drug-likeness (QED) is 0.565. The molecule has 0 unspecified atom stereocenters. The monoisotopic (exact) mass is 402 g/mol. The average molecular weight is 403 g/mol. The van der Waals surface area contributed by atoms with Crippen molar-refractivity contribution >= 4 is 55.6 Å². The van der Waals surface area contributed by atoms with E-state index in [2.05, 4.69) is 50.8 Å². The van der Waals surface area contributed by atoms with Crippen molar-refractivity contribution in [3.05, 3.63) is 50.0 Å². The highest BCUT2D eigenvalue weighted by Gasteiger charge is 2.04. The predicted molar refractivity (Wildman–Crippen MR) is 85.7 cm³/mol. The maximum absolute atomic E-state index is 5.98. The first-order valence-electron chi connectivity index (χ1n) is 5.15. The molecule has 2 aromatic rings. The molecule has 0 saturated carbocycles. The Morgan fingerprint density at radius 2 is 1.94 bits per heavy atom. The van der Waals surface area contributed by atoms with Crippen molar-refractivity contribution in [3.63, 3.8) is 0 Å². The maximum atomic E-state index is 5.98. The fourth-order valence-corrected chi connectivity index (χ4v) is 2.42. The first kappa shape index (κ1) is 12.7. The zero-order chi connectivity index (χ0) is 12.4. The van der Waals surface area contributed by atoms with Crippen LogP contribution < -0.4 is 11.1 Å². The van der Waals surface area contributed by atoms with Crippen LogP contribution in [0.2, 0.25) is 0 Å². The first-order valence-corrected chi connectivity index (χ1v) is 7.02. The number of nitrogens with one attached hydrogen (secondary N) is 1. The van der Waals surface area contributed by atoms with Crippen LogP contribution in [0.3, 0.4) is 0 Å². The third-order valence-corrected chi connectivity index (χ3v) is 4.08. The number of nitrogens with two attached hydrogens (primary N) is 1. The molecule has 4 heteroatoms. The van der Waals surface area contributed by atoms with Gasteiger partial charge in [0.25, 0.3) is 0 Å². The third-order valence-electron chi connectivity index (χ3n) is 2.55. The number of benzene rings is 2. The fourth-order valence-electron chi connectivity index (χ4n) is 1.54. The van der Waals surface area contributed by atoms with Gasteiger partial charge in [0.05, 0.1) is 11.4 Å². The van der Waals surface area contributed by atoms with E-state index in [-0.39, 0.29) is 0 Å². The lowest BCUT2D eigenvalue weighted by Crippen LogP contribution is -1.98. The standard InChI is InChI=1S/C13H12BrIN2/c1-8-10(14)3-2-4-12(8)17-13-6-5-9(15)7-11(13)16/h2-7,17H,16H2,1H3. The van der Waals surface area contributed by atoms with Gasteiger partial charge in [-0.2, -0.15) is 0 Å². The van der Waals surface area contributed by atoms with Crippen LogP contribution in [0.15, 0.2) is 40.9 Å².